The SMILES string of the molecule is CC(C(=O)N1CCOCC1)N1CCCNc2ccccc21. The highest BCUT2D eigenvalue weighted by Crippen LogP contribution is 2.30. The molecule has 1 saturated heterocycles. The van der Waals surface area contributed by atoms with Crippen molar-refractivity contribution in [3.8, 4) is 0 Å². The molecule has 5 heteroatoms. The molecular weight excluding hydrogens is 266 g/mol. The van der Waals surface area contributed by atoms with Gasteiger partial charge in [0, 0.05) is 26.2 Å². The van der Waals surface area contributed by atoms with Crippen molar-refractivity contribution in [2.75, 3.05) is 49.6 Å². The van der Waals surface area contributed by atoms with E-state index in [4.69, 9.17) is 4.74 Å². The number of carbonyl (C=O) groups excluding carboxylic acids is 1. The third-order valence-corrected chi connectivity index (χ3v) is 4.25. The van der Waals surface area contributed by atoms with Gasteiger partial charge in [0.1, 0.15) is 6.04 Å². The van der Waals surface area contributed by atoms with Gasteiger partial charge in [-0.15, -0.1) is 0 Å². The number of hydrogen-bond donors (Lipinski definition) is 1. The lowest BCUT2D eigenvalue weighted by molar-refractivity contribution is -0.136. The fraction of sp³-hybridized carbons (Fsp3) is 0.562. The summed E-state index contributed by atoms with van der Waals surface area (Å²) in [4.78, 5) is 16.9. The van der Waals surface area contributed by atoms with Crippen LogP contribution in [-0.2, 0) is 9.53 Å². The van der Waals surface area contributed by atoms with E-state index in [0.29, 0.717) is 26.3 Å². The molecule has 0 aromatic heterocycles. The van der Waals surface area contributed by atoms with Crippen LogP contribution >= 0.6 is 0 Å². The maximum absolute atomic E-state index is 12.7. The molecule has 2 aliphatic heterocycles. The van der Waals surface area contributed by atoms with Crippen molar-refractivity contribution in [1.82, 2.24) is 4.90 Å². The second-order valence-corrected chi connectivity index (χ2v) is 5.60. The predicted octanol–water partition coefficient (Wildman–Crippen LogP) is 1.56. The van der Waals surface area contributed by atoms with Crippen molar-refractivity contribution in [3.05, 3.63) is 24.3 Å². The number of rotatable bonds is 2. The standard InChI is InChI=1S/C16H23N3O2/c1-13(16(20)18-9-11-21-12-10-18)19-8-4-7-17-14-5-2-3-6-15(14)19/h2-3,5-6,13,17H,4,7-12H2,1H3. The van der Waals surface area contributed by atoms with E-state index in [0.717, 1.165) is 30.9 Å². The number of morpholine rings is 1. The third-order valence-electron chi connectivity index (χ3n) is 4.25. The van der Waals surface area contributed by atoms with Gasteiger partial charge in [-0.2, -0.15) is 0 Å². The maximum Gasteiger partial charge on any atom is 0.245 e. The quantitative estimate of drug-likeness (QED) is 0.897. The van der Waals surface area contributed by atoms with Gasteiger partial charge in [0.05, 0.1) is 24.6 Å². The normalized spacial score (nSPS) is 20.2. The first kappa shape index (κ1) is 14.2. The smallest absolute Gasteiger partial charge is 0.245 e. The first-order valence-electron chi connectivity index (χ1n) is 7.73. The van der Waals surface area contributed by atoms with Crippen molar-refractivity contribution in [1.29, 1.82) is 0 Å². The molecule has 0 radical (unpaired) electrons. The molecule has 0 spiro atoms. The lowest BCUT2D eigenvalue weighted by atomic mass is 10.1. The number of para-hydroxylation sites is 2. The van der Waals surface area contributed by atoms with Crippen LogP contribution in [-0.4, -0.2) is 56.2 Å². The summed E-state index contributed by atoms with van der Waals surface area (Å²) in [6, 6.07) is 8.11. The molecule has 3 rings (SSSR count). The van der Waals surface area contributed by atoms with Crippen LogP contribution in [0.3, 0.4) is 0 Å². The molecule has 1 atom stereocenters. The molecular formula is C16H23N3O2. The fourth-order valence-corrected chi connectivity index (χ4v) is 3.05. The second-order valence-electron chi connectivity index (χ2n) is 5.60. The molecule has 114 valence electrons. The van der Waals surface area contributed by atoms with Gasteiger partial charge in [0.25, 0.3) is 0 Å². The number of anilines is 2. The maximum atomic E-state index is 12.7. The first-order chi connectivity index (χ1) is 10.3. The van der Waals surface area contributed by atoms with E-state index < -0.39 is 0 Å². The van der Waals surface area contributed by atoms with Crippen LogP contribution in [0, 0.1) is 0 Å². The van der Waals surface area contributed by atoms with Gasteiger partial charge in [-0.05, 0) is 25.5 Å². The van der Waals surface area contributed by atoms with E-state index in [2.05, 4.69) is 22.3 Å². The largest absolute Gasteiger partial charge is 0.383 e. The highest BCUT2D eigenvalue weighted by atomic mass is 16.5. The van der Waals surface area contributed by atoms with Gasteiger partial charge in [-0.1, -0.05) is 12.1 Å². The minimum Gasteiger partial charge on any atom is -0.383 e. The molecule has 2 aliphatic rings. The summed E-state index contributed by atoms with van der Waals surface area (Å²) < 4.78 is 5.33. The second kappa shape index (κ2) is 6.35. The number of hydrogen-bond acceptors (Lipinski definition) is 4. The summed E-state index contributed by atoms with van der Waals surface area (Å²) in [7, 11) is 0. The summed E-state index contributed by atoms with van der Waals surface area (Å²) in [6.45, 7) is 6.58. The van der Waals surface area contributed by atoms with Crippen LogP contribution in [0.1, 0.15) is 13.3 Å². The van der Waals surface area contributed by atoms with Crippen LogP contribution in [0.15, 0.2) is 24.3 Å². The lowest BCUT2D eigenvalue weighted by Crippen LogP contribution is -2.51. The summed E-state index contributed by atoms with van der Waals surface area (Å²) in [5.41, 5.74) is 2.25. The van der Waals surface area contributed by atoms with Gasteiger partial charge >= 0.3 is 0 Å². The molecule has 1 aromatic rings. The Morgan fingerprint density at radius 2 is 2.00 bits per heavy atom. The van der Waals surface area contributed by atoms with E-state index in [-0.39, 0.29) is 11.9 Å². The monoisotopic (exact) mass is 289 g/mol. The van der Waals surface area contributed by atoms with Crippen molar-refractivity contribution in [2.24, 2.45) is 0 Å². The van der Waals surface area contributed by atoms with Crippen LogP contribution in [0.25, 0.3) is 0 Å². The van der Waals surface area contributed by atoms with Gasteiger partial charge < -0.3 is 19.9 Å². The Morgan fingerprint density at radius 1 is 1.24 bits per heavy atom. The molecule has 1 aromatic carbocycles. The Bertz CT molecular complexity index is 500. The average molecular weight is 289 g/mol. The lowest BCUT2D eigenvalue weighted by Gasteiger charge is -2.35. The molecule has 1 unspecified atom stereocenters. The van der Waals surface area contributed by atoms with Crippen LogP contribution in [0.5, 0.6) is 0 Å². The first-order valence-corrected chi connectivity index (χ1v) is 7.73. The average Bonchev–Trinajstić information content (AvgIpc) is 2.77. The molecule has 21 heavy (non-hydrogen) atoms. The minimum atomic E-state index is -0.135. The van der Waals surface area contributed by atoms with Crippen molar-refractivity contribution < 1.29 is 9.53 Å². The molecule has 1 N–H and O–H groups in total. The van der Waals surface area contributed by atoms with Crippen LogP contribution in [0.4, 0.5) is 11.4 Å². The fourth-order valence-electron chi connectivity index (χ4n) is 3.05. The number of ether oxygens (including phenoxy) is 1. The summed E-state index contributed by atoms with van der Waals surface area (Å²) >= 11 is 0. The Balaban J connectivity index is 1.80. The van der Waals surface area contributed by atoms with Gasteiger partial charge in [-0.3, -0.25) is 4.79 Å². The molecule has 0 saturated carbocycles. The minimum absolute atomic E-state index is 0.135. The number of fused-ring (bicyclic) bond motifs is 1. The molecule has 1 fully saturated rings. The van der Waals surface area contributed by atoms with Crippen molar-refractivity contribution in [2.45, 2.75) is 19.4 Å². The Kier molecular flexibility index (Phi) is 4.29. The highest BCUT2D eigenvalue weighted by molar-refractivity contribution is 5.87. The number of benzene rings is 1. The molecule has 1 amide bonds. The van der Waals surface area contributed by atoms with Gasteiger partial charge in [0.2, 0.25) is 5.91 Å². The zero-order valence-corrected chi connectivity index (χ0v) is 12.5. The zero-order chi connectivity index (χ0) is 14.7. The molecule has 2 heterocycles. The van der Waals surface area contributed by atoms with Crippen LogP contribution < -0.4 is 10.2 Å². The van der Waals surface area contributed by atoms with Crippen molar-refractivity contribution >= 4 is 17.3 Å². The van der Waals surface area contributed by atoms with E-state index >= 15 is 0 Å². The predicted molar refractivity (Wildman–Crippen MR) is 83.8 cm³/mol. The van der Waals surface area contributed by atoms with Gasteiger partial charge in [-0.25, -0.2) is 0 Å². The van der Waals surface area contributed by atoms with Crippen molar-refractivity contribution in [3.63, 3.8) is 0 Å². The number of carbonyl (C=O) groups is 1. The highest BCUT2D eigenvalue weighted by Gasteiger charge is 2.29. The zero-order valence-electron chi connectivity index (χ0n) is 12.5. The topological polar surface area (TPSA) is 44.8 Å². The van der Waals surface area contributed by atoms with Crippen LogP contribution in [0.2, 0.25) is 0 Å². The Morgan fingerprint density at radius 3 is 2.81 bits per heavy atom. The van der Waals surface area contributed by atoms with E-state index in [1.54, 1.807) is 0 Å². The summed E-state index contributed by atoms with van der Waals surface area (Å²) in [6.07, 6.45) is 1.04. The van der Waals surface area contributed by atoms with E-state index in [1.807, 2.05) is 24.0 Å². The third kappa shape index (κ3) is 2.97. The number of nitrogens with zero attached hydrogens (tertiary/aromatic N) is 2. The van der Waals surface area contributed by atoms with Gasteiger partial charge in [0.15, 0.2) is 0 Å². The Labute approximate surface area is 125 Å². The molecule has 5 nitrogen and oxygen atoms in total. The molecule has 0 bridgehead atoms. The van der Waals surface area contributed by atoms with E-state index in [1.165, 1.54) is 0 Å². The Hall–Kier alpha value is -1.75. The number of nitrogens with one attached hydrogen (secondary N) is 1. The molecule has 0 aliphatic carbocycles. The summed E-state index contributed by atoms with van der Waals surface area (Å²) in [5, 5.41) is 3.44. The number of amides is 1. The summed E-state index contributed by atoms with van der Waals surface area (Å²) in [5.74, 6) is 0.204. The van der Waals surface area contributed by atoms with E-state index in [9.17, 15) is 4.79 Å².